The van der Waals surface area contributed by atoms with Crippen molar-refractivity contribution < 1.29 is 29.6 Å². The molecule has 14 nitrogen and oxygen atoms in total. The monoisotopic (exact) mass is 1000 g/mol. The van der Waals surface area contributed by atoms with E-state index < -0.39 is 0 Å². The van der Waals surface area contributed by atoms with Gasteiger partial charge in [-0.2, -0.15) is 0 Å². The first-order chi connectivity index (χ1) is 34.4. The molecule has 7 heterocycles. The Morgan fingerprint density at radius 3 is 2.19 bits per heavy atom. The number of thioether (sulfide) groups is 1. The van der Waals surface area contributed by atoms with Crippen molar-refractivity contribution in [3.63, 3.8) is 0 Å². The largest absolute Gasteiger partial charge is 0.515 e. The quantitative estimate of drug-likeness (QED) is 0.0500. The molecule has 72 heavy (non-hydrogen) atoms. The van der Waals surface area contributed by atoms with Crippen LogP contribution in [-0.2, 0) is 14.3 Å². The first-order valence-electron chi connectivity index (χ1n) is 24.8. The fourth-order valence-electron chi connectivity index (χ4n) is 8.91. The van der Waals surface area contributed by atoms with E-state index in [0.29, 0.717) is 31.4 Å². The average molecular weight is 1010 g/mol. The van der Waals surface area contributed by atoms with Crippen LogP contribution in [0.3, 0.4) is 0 Å². The molecule has 1 amide bonds. The second kappa shape index (κ2) is 28.3. The lowest BCUT2D eigenvalue weighted by molar-refractivity contribution is -0.109. The van der Waals surface area contributed by atoms with Gasteiger partial charge in [-0.15, -0.1) is 11.8 Å². The first kappa shape index (κ1) is 58.6. The van der Waals surface area contributed by atoms with Crippen LogP contribution in [0.25, 0.3) is 18.2 Å². The van der Waals surface area contributed by atoms with E-state index in [1.54, 1.807) is 25.9 Å². The maximum absolute atomic E-state index is 10.2. The standard InChI is InChI=1S/C31H34N4O2.C13H19N3.C11H22O3S.C2H5NO/c1-8-20-17(4)25-11-24-16(3)10-28(32-24)23(15-37-7)31-22(14-36)19(6)27(35-31)13-30-21(9-2)18(5)26(34-30)12-29(20)33-25;1-5-11-10(4)12(6-8(2)14)16-13(11)7-9(3)15;1-2-3-4-5-15-11-7-9(13)6-10(8-12)14-11;1-3-2-4/h8,11-14,16,32,36H,1,9-10,15H2,2-7H3;5-7,16H,1,14-15H2,2-4H3;9-13H,2-8H2,1H3;2H,1H3,(H,3,4)/b22-14+,24-11?,28-23?,29-12?,30-13?;8-6-,9-7-;;. The summed E-state index contributed by atoms with van der Waals surface area (Å²) in [7, 11) is 3.25. The Morgan fingerprint density at radius 2 is 1.61 bits per heavy atom. The number of nitrogens with zero attached hydrogens (tertiary/aromatic N) is 3. The number of carbonyl (C=O) groups excluding carboxylic acids is 1. The lowest BCUT2D eigenvalue weighted by atomic mass is 9.96. The molecule has 10 N–H and O–H groups in total. The highest BCUT2D eigenvalue weighted by atomic mass is 32.2. The summed E-state index contributed by atoms with van der Waals surface area (Å²) < 4.78 is 11.3. The summed E-state index contributed by atoms with van der Waals surface area (Å²) in [6.45, 7) is 26.8. The van der Waals surface area contributed by atoms with Gasteiger partial charge >= 0.3 is 0 Å². The zero-order valence-corrected chi connectivity index (χ0v) is 45.3. The van der Waals surface area contributed by atoms with Crippen molar-refractivity contribution in [2.24, 2.45) is 32.4 Å². The van der Waals surface area contributed by atoms with Crippen LogP contribution in [0, 0.1) is 12.8 Å². The van der Waals surface area contributed by atoms with Crippen molar-refractivity contribution in [3.8, 4) is 0 Å². The number of unbranched alkanes of at least 4 members (excludes halogenated alkanes) is 2. The lowest BCUT2D eigenvalue weighted by Gasteiger charge is -2.31. The predicted molar refractivity (Wildman–Crippen MR) is 301 cm³/mol. The molecule has 4 atom stereocenters. The van der Waals surface area contributed by atoms with Crippen LogP contribution in [-0.4, -0.2) is 94.6 Å². The molecule has 390 valence electrons. The number of carbonyl (C=O) groups is 1. The van der Waals surface area contributed by atoms with Crippen LogP contribution in [0.5, 0.6) is 0 Å². The number of nitrogens with one attached hydrogen (secondary N) is 3. The Hall–Kier alpha value is -5.97. The minimum Gasteiger partial charge on any atom is -0.515 e. The van der Waals surface area contributed by atoms with E-state index in [1.807, 2.05) is 58.1 Å². The zero-order valence-electron chi connectivity index (χ0n) is 44.5. The summed E-state index contributed by atoms with van der Waals surface area (Å²) >= 11 is 1.77. The van der Waals surface area contributed by atoms with Crippen LogP contribution in [0.15, 0.2) is 138 Å². The summed E-state index contributed by atoms with van der Waals surface area (Å²) in [5.74, 6) is 1.36. The summed E-state index contributed by atoms with van der Waals surface area (Å²) in [6, 6.07) is 0. The molecule has 2 saturated heterocycles. The molecular weight excluding hydrogens is 925 g/mol. The predicted octanol–water partition coefficient (Wildman–Crippen LogP) is 10.2. The maximum Gasteiger partial charge on any atom is 0.206 e. The Bertz CT molecular complexity index is 2600. The van der Waals surface area contributed by atoms with E-state index in [9.17, 15) is 10.2 Å². The highest BCUT2D eigenvalue weighted by Crippen LogP contribution is 2.39. The van der Waals surface area contributed by atoms with Crippen LogP contribution in [0.1, 0.15) is 123 Å². The van der Waals surface area contributed by atoms with Crippen molar-refractivity contribution in [2.75, 3.05) is 33.1 Å². The third kappa shape index (κ3) is 15.0. The molecule has 0 radical (unpaired) electrons. The van der Waals surface area contributed by atoms with E-state index in [4.69, 9.17) is 45.8 Å². The number of aliphatic hydroxyl groups excluding tert-OH is 3. The van der Waals surface area contributed by atoms with Crippen molar-refractivity contribution in [1.29, 1.82) is 0 Å². The van der Waals surface area contributed by atoms with E-state index in [1.165, 1.54) is 24.8 Å². The Morgan fingerprint density at radius 1 is 0.944 bits per heavy atom. The average Bonchev–Trinajstić information content (AvgIpc) is 4.11. The van der Waals surface area contributed by atoms with Gasteiger partial charge in [-0.3, -0.25) is 4.79 Å². The Labute approximate surface area is 432 Å². The van der Waals surface area contributed by atoms with Crippen molar-refractivity contribution in [3.05, 3.63) is 145 Å². The zero-order chi connectivity index (χ0) is 53.2. The van der Waals surface area contributed by atoms with Crippen LogP contribution >= 0.6 is 11.8 Å². The Balaban J connectivity index is 0.000000265. The van der Waals surface area contributed by atoms with Gasteiger partial charge in [-0.25, -0.2) is 15.0 Å². The molecule has 0 spiro atoms. The van der Waals surface area contributed by atoms with Crippen molar-refractivity contribution >= 4 is 53.5 Å². The van der Waals surface area contributed by atoms with E-state index in [-0.39, 0.29) is 30.2 Å². The number of aromatic amines is 1. The fraction of sp³-hybridized carbons (Fsp3) is 0.439. The number of hydrogen-bond acceptors (Lipinski definition) is 13. The number of nitrogens with two attached hydrogens (primary N) is 2. The molecule has 15 heteroatoms. The lowest BCUT2D eigenvalue weighted by Crippen LogP contribution is -2.36. The molecule has 4 unspecified atom stereocenters. The fourth-order valence-corrected chi connectivity index (χ4v) is 10.1. The molecule has 7 rings (SSSR count). The molecule has 0 saturated carbocycles. The van der Waals surface area contributed by atoms with Crippen LogP contribution < -0.4 is 22.1 Å². The number of fused-ring (bicyclic) bond motifs is 5. The number of methoxy groups -OCH3 is 1. The summed E-state index contributed by atoms with van der Waals surface area (Å²) in [5, 5.41) is 34.7. The number of ether oxygens (including phenoxy) is 2. The number of aromatic nitrogens is 1. The molecule has 0 aromatic carbocycles. The minimum absolute atomic E-state index is 0.0169. The van der Waals surface area contributed by atoms with E-state index in [0.717, 1.165) is 132 Å². The number of rotatable bonds is 14. The molecular formula is C57H80N8O6S. The number of allylic oxidation sites excluding steroid dienone is 13. The van der Waals surface area contributed by atoms with Gasteiger partial charge in [0.15, 0.2) is 0 Å². The van der Waals surface area contributed by atoms with Gasteiger partial charge in [0, 0.05) is 89.4 Å². The van der Waals surface area contributed by atoms with Gasteiger partial charge in [-0.1, -0.05) is 58.9 Å². The molecule has 6 aliphatic rings. The van der Waals surface area contributed by atoms with E-state index in [2.05, 4.69) is 75.5 Å². The van der Waals surface area contributed by atoms with E-state index >= 15 is 0 Å². The molecule has 2 fully saturated rings. The van der Waals surface area contributed by atoms with Gasteiger partial charge < -0.3 is 51.9 Å². The van der Waals surface area contributed by atoms with Crippen molar-refractivity contribution in [2.45, 2.75) is 125 Å². The van der Waals surface area contributed by atoms with Crippen LogP contribution in [0.4, 0.5) is 0 Å². The molecule has 6 aliphatic heterocycles. The Kier molecular flexibility index (Phi) is 23.0. The smallest absolute Gasteiger partial charge is 0.206 e. The first-order valence-corrected chi connectivity index (χ1v) is 25.9. The second-order valence-electron chi connectivity index (χ2n) is 18.4. The SMILES string of the molecule is C=CC1=C(C)C2=NC1=CC1=NC(=CC3=C(C)/C(=C\O)C(=N3)C(COC)=C3CC(C)C(=C2)N3)C(CC)=C1C.C=Cc1c(/C=C(/C)N)[nH]c(/C=C(/C)N)c1C.CCCCCSC1CC(O)CC(CO)O1.CNC=O. The number of H-pyrrole nitrogens is 1. The van der Waals surface area contributed by atoms with Crippen molar-refractivity contribution in [1.82, 2.24) is 15.6 Å². The normalized spacial score (nSPS) is 22.3. The third-order valence-electron chi connectivity index (χ3n) is 12.8. The summed E-state index contributed by atoms with van der Waals surface area (Å²) in [4.78, 5) is 27.4. The number of hydrogen-bond donors (Lipinski definition) is 8. The third-order valence-corrected chi connectivity index (χ3v) is 14.0. The van der Waals surface area contributed by atoms with Gasteiger partial charge in [0.1, 0.15) is 5.44 Å². The van der Waals surface area contributed by atoms with Gasteiger partial charge in [0.2, 0.25) is 6.41 Å². The molecule has 1 aromatic heterocycles. The summed E-state index contributed by atoms with van der Waals surface area (Å²) in [5.41, 5.74) is 31.4. The highest BCUT2D eigenvalue weighted by Gasteiger charge is 2.32. The second-order valence-corrected chi connectivity index (χ2v) is 19.7. The minimum atomic E-state index is -0.306. The van der Waals surface area contributed by atoms with Gasteiger partial charge in [-0.05, 0) is 125 Å². The highest BCUT2D eigenvalue weighted by molar-refractivity contribution is 7.99. The van der Waals surface area contributed by atoms with Gasteiger partial charge in [0.05, 0.1) is 65.9 Å². The van der Waals surface area contributed by atoms with Gasteiger partial charge in [0.25, 0.3) is 0 Å². The topological polar surface area (TPSA) is 225 Å². The maximum atomic E-state index is 10.2. The number of aliphatic hydroxyl groups is 3. The number of aliphatic imine (C=N–C) groups is 3. The molecule has 8 bridgehead atoms. The summed E-state index contributed by atoms with van der Waals surface area (Å²) in [6.07, 6.45) is 21.7. The number of amides is 1. The van der Waals surface area contributed by atoms with Crippen LogP contribution in [0.2, 0.25) is 0 Å². The molecule has 1 aromatic rings. The molecule has 0 aliphatic carbocycles.